The van der Waals surface area contributed by atoms with Crippen LogP contribution in [0.1, 0.15) is 351 Å². The third-order valence-corrected chi connectivity index (χ3v) is 19.3. The molecule has 19 heteroatoms. The molecule has 0 fully saturated rings. The maximum Gasteiger partial charge on any atom is 0.472 e. The Bertz CT molecular complexity index is 1790. The number of carbonyl (C=O) groups excluding carboxylic acids is 4. The van der Waals surface area contributed by atoms with Crippen molar-refractivity contribution in [1.82, 2.24) is 0 Å². The first-order valence-electron chi connectivity index (χ1n) is 36.8. The van der Waals surface area contributed by atoms with Gasteiger partial charge in [0.2, 0.25) is 0 Å². The van der Waals surface area contributed by atoms with Gasteiger partial charge in [-0.2, -0.15) is 0 Å². The summed E-state index contributed by atoms with van der Waals surface area (Å²) in [5.41, 5.74) is 0. The molecule has 17 nitrogen and oxygen atoms in total. The van der Waals surface area contributed by atoms with E-state index in [9.17, 15) is 43.2 Å². The van der Waals surface area contributed by atoms with Gasteiger partial charge in [0.05, 0.1) is 26.4 Å². The Labute approximate surface area is 549 Å². The Balaban J connectivity index is 5.26. The Morgan fingerprint density at radius 1 is 0.311 bits per heavy atom. The summed E-state index contributed by atoms with van der Waals surface area (Å²) in [5, 5.41) is 10.6. The molecule has 0 spiro atoms. The van der Waals surface area contributed by atoms with Crippen LogP contribution in [0, 0.1) is 23.7 Å². The van der Waals surface area contributed by atoms with Gasteiger partial charge in [0.15, 0.2) is 12.2 Å². The molecule has 0 aliphatic heterocycles. The van der Waals surface area contributed by atoms with Crippen LogP contribution in [0.25, 0.3) is 0 Å². The molecule has 0 rings (SSSR count). The molecule has 0 aromatic carbocycles. The van der Waals surface area contributed by atoms with Crippen molar-refractivity contribution in [2.45, 2.75) is 369 Å². The molecule has 0 radical (unpaired) electrons. The van der Waals surface area contributed by atoms with E-state index in [2.05, 4.69) is 55.4 Å². The van der Waals surface area contributed by atoms with Crippen LogP contribution < -0.4 is 0 Å². The Hall–Kier alpha value is -1.94. The molecule has 0 aliphatic carbocycles. The molecule has 0 amide bonds. The highest BCUT2D eigenvalue weighted by atomic mass is 31.2. The maximum atomic E-state index is 13.0. The van der Waals surface area contributed by atoms with Gasteiger partial charge in [-0.15, -0.1) is 0 Å². The smallest absolute Gasteiger partial charge is 0.462 e. The van der Waals surface area contributed by atoms with Gasteiger partial charge in [0.1, 0.15) is 19.3 Å². The number of hydrogen-bond acceptors (Lipinski definition) is 15. The average Bonchev–Trinajstić information content (AvgIpc) is 2.92. The number of hydrogen-bond donors (Lipinski definition) is 3. The molecule has 0 bridgehead atoms. The summed E-state index contributed by atoms with van der Waals surface area (Å²) >= 11 is 0. The van der Waals surface area contributed by atoms with E-state index >= 15 is 0 Å². The quantitative estimate of drug-likeness (QED) is 0.0222. The number of rotatable bonds is 68. The molecule has 8 atom stereocenters. The molecule has 0 heterocycles. The van der Waals surface area contributed by atoms with Crippen molar-refractivity contribution in [2.24, 2.45) is 23.7 Å². The zero-order valence-corrected chi connectivity index (χ0v) is 60.6. The lowest BCUT2D eigenvalue weighted by atomic mass is 9.99. The third-order valence-electron chi connectivity index (χ3n) is 17.4. The van der Waals surface area contributed by atoms with Crippen LogP contribution in [0.2, 0.25) is 0 Å². The van der Waals surface area contributed by atoms with Gasteiger partial charge in [0, 0.05) is 25.7 Å². The Kier molecular flexibility index (Phi) is 59.4. The van der Waals surface area contributed by atoms with Crippen LogP contribution in [-0.4, -0.2) is 96.7 Å². The number of ether oxygens (including phenoxy) is 4. The molecular weight excluding hydrogens is 1190 g/mol. The summed E-state index contributed by atoms with van der Waals surface area (Å²) in [6, 6.07) is 0. The van der Waals surface area contributed by atoms with Crippen molar-refractivity contribution in [1.29, 1.82) is 0 Å². The number of unbranched alkanes of at least 4 members (excludes halogenated alkanes) is 31. The minimum atomic E-state index is -4.95. The Morgan fingerprint density at radius 2 is 0.533 bits per heavy atom. The normalized spacial score (nSPS) is 15.2. The van der Waals surface area contributed by atoms with Crippen LogP contribution in [-0.2, 0) is 65.4 Å². The lowest BCUT2D eigenvalue weighted by molar-refractivity contribution is -0.161. The van der Waals surface area contributed by atoms with E-state index in [1.165, 1.54) is 148 Å². The largest absolute Gasteiger partial charge is 0.472 e. The van der Waals surface area contributed by atoms with Crippen molar-refractivity contribution in [3.63, 3.8) is 0 Å². The predicted molar refractivity (Wildman–Crippen MR) is 363 cm³/mol. The van der Waals surface area contributed by atoms with Crippen molar-refractivity contribution in [2.75, 3.05) is 39.6 Å². The Morgan fingerprint density at radius 3 is 0.789 bits per heavy atom. The maximum absolute atomic E-state index is 13.0. The second-order valence-electron chi connectivity index (χ2n) is 26.8. The third kappa shape index (κ3) is 61.0. The van der Waals surface area contributed by atoms with Gasteiger partial charge >= 0.3 is 39.5 Å². The standard InChI is InChI=1S/C71H138O17P2/c1-9-62(6)48-40-32-24-20-17-18-21-25-35-43-51-68(73)81-57-66(87-70(75)53-45-37-26-22-16-14-12-13-15-19-23-31-39-47-61(4)5)59-85-89(77,78)83-55-65(72)56-84-90(79,80)86-60-67(88-71(76)54-46-38-30-28-34-42-50-64(8)11-3)58-82-69(74)52-44-36-29-27-33-41-49-63(7)10-2/h61-67,72H,9-60H2,1-8H3,(H,77,78)(H,79,80)/t62?,63?,64?,65-,66-,67-/m1/s1. The number of phosphoric acid groups is 2. The highest BCUT2D eigenvalue weighted by Gasteiger charge is 2.30. The number of phosphoric ester groups is 2. The minimum Gasteiger partial charge on any atom is -0.462 e. The van der Waals surface area contributed by atoms with Gasteiger partial charge in [-0.3, -0.25) is 37.3 Å². The predicted octanol–water partition coefficient (Wildman–Crippen LogP) is 20.1. The lowest BCUT2D eigenvalue weighted by Gasteiger charge is -2.21. The van der Waals surface area contributed by atoms with Crippen molar-refractivity contribution >= 4 is 39.5 Å². The monoisotopic (exact) mass is 1320 g/mol. The van der Waals surface area contributed by atoms with Crippen molar-refractivity contribution in [3.8, 4) is 0 Å². The van der Waals surface area contributed by atoms with Crippen LogP contribution in [0.4, 0.5) is 0 Å². The number of carbonyl (C=O) groups is 4. The summed E-state index contributed by atoms with van der Waals surface area (Å²) in [6.07, 6.45) is 43.0. The minimum absolute atomic E-state index is 0.102. The fraction of sp³-hybridized carbons (Fsp3) is 0.944. The highest BCUT2D eigenvalue weighted by Crippen LogP contribution is 2.45. The molecule has 3 N–H and O–H groups in total. The van der Waals surface area contributed by atoms with E-state index in [1.54, 1.807) is 0 Å². The first kappa shape index (κ1) is 88.1. The summed E-state index contributed by atoms with van der Waals surface area (Å²) in [5.74, 6) is 0.916. The van der Waals surface area contributed by atoms with Crippen LogP contribution >= 0.6 is 15.6 Å². The highest BCUT2D eigenvalue weighted by molar-refractivity contribution is 7.47. The summed E-state index contributed by atoms with van der Waals surface area (Å²) in [6.45, 7) is 14.1. The number of esters is 4. The second kappa shape index (κ2) is 60.7. The zero-order chi connectivity index (χ0) is 66.8. The second-order valence-corrected chi connectivity index (χ2v) is 29.7. The van der Waals surface area contributed by atoms with Crippen LogP contribution in [0.15, 0.2) is 0 Å². The van der Waals surface area contributed by atoms with Gasteiger partial charge in [-0.25, -0.2) is 9.13 Å². The van der Waals surface area contributed by atoms with E-state index in [4.69, 9.17) is 37.0 Å². The van der Waals surface area contributed by atoms with Crippen molar-refractivity contribution < 1.29 is 80.2 Å². The molecule has 534 valence electrons. The topological polar surface area (TPSA) is 237 Å². The number of aliphatic hydroxyl groups excluding tert-OH is 1. The molecule has 0 saturated carbocycles. The molecule has 0 aliphatic rings. The fourth-order valence-electron chi connectivity index (χ4n) is 10.6. The number of aliphatic hydroxyl groups is 1. The van der Waals surface area contributed by atoms with E-state index in [0.29, 0.717) is 25.7 Å². The lowest BCUT2D eigenvalue weighted by Crippen LogP contribution is -2.30. The zero-order valence-electron chi connectivity index (χ0n) is 58.8. The van der Waals surface area contributed by atoms with Gasteiger partial charge in [0.25, 0.3) is 0 Å². The molecule has 0 saturated heterocycles. The van der Waals surface area contributed by atoms with Gasteiger partial charge in [-0.05, 0) is 49.4 Å². The van der Waals surface area contributed by atoms with E-state index in [0.717, 1.165) is 120 Å². The summed E-state index contributed by atoms with van der Waals surface area (Å²) in [7, 11) is -9.90. The first-order chi connectivity index (χ1) is 43.2. The van der Waals surface area contributed by atoms with Crippen LogP contribution in [0.5, 0.6) is 0 Å². The first-order valence-corrected chi connectivity index (χ1v) is 39.8. The van der Waals surface area contributed by atoms with Gasteiger partial charge < -0.3 is 33.8 Å². The van der Waals surface area contributed by atoms with E-state index in [-0.39, 0.29) is 25.7 Å². The van der Waals surface area contributed by atoms with Crippen LogP contribution in [0.3, 0.4) is 0 Å². The van der Waals surface area contributed by atoms with E-state index in [1.807, 2.05) is 0 Å². The average molecular weight is 1330 g/mol. The van der Waals surface area contributed by atoms with E-state index < -0.39 is 97.5 Å². The summed E-state index contributed by atoms with van der Waals surface area (Å²) < 4.78 is 68.3. The SMILES string of the molecule is CCC(C)CCCCCCCCCCCCC(=O)OC[C@H](COP(=O)(O)OC[C@@H](O)COP(=O)(O)OC[C@@H](COC(=O)CCCCCCCCC(C)CC)OC(=O)CCCCCCCCC(C)CC)OC(=O)CCCCCCCCCCCCCCCC(C)C. The molecular formula is C71H138O17P2. The van der Waals surface area contributed by atoms with Crippen molar-refractivity contribution in [3.05, 3.63) is 0 Å². The summed E-state index contributed by atoms with van der Waals surface area (Å²) in [4.78, 5) is 72.6. The van der Waals surface area contributed by atoms with Gasteiger partial charge in [-0.1, -0.05) is 299 Å². The molecule has 0 aromatic rings. The molecule has 0 aromatic heterocycles. The fourth-order valence-corrected chi connectivity index (χ4v) is 12.1. The molecule has 90 heavy (non-hydrogen) atoms. The molecule has 5 unspecified atom stereocenters.